The Balaban J connectivity index is 1.86. The average Bonchev–Trinajstić information content (AvgIpc) is 2.34. The zero-order valence-corrected chi connectivity index (χ0v) is 10.8. The van der Waals surface area contributed by atoms with Gasteiger partial charge in [-0.3, -0.25) is 0 Å². The molecule has 94 valence electrons. The van der Waals surface area contributed by atoms with Crippen molar-refractivity contribution < 1.29 is 5.11 Å². The molecule has 0 amide bonds. The molecule has 0 aliphatic heterocycles. The summed E-state index contributed by atoms with van der Waals surface area (Å²) in [6.45, 7) is 4.65. The van der Waals surface area contributed by atoms with Gasteiger partial charge in [-0.15, -0.1) is 0 Å². The van der Waals surface area contributed by atoms with E-state index in [0.717, 1.165) is 6.04 Å². The summed E-state index contributed by atoms with van der Waals surface area (Å²) in [5, 5.41) is 12.9. The Bertz CT molecular complexity index is 223. The van der Waals surface area contributed by atoms with Crippen LogP contribution in [0.5, 0.6) is 0 Å². The third-order valence-corrected chi connectivity index (χ3v) is 5.13. The van der Waals surface area contributed by atoms with Crippen LogP contribution in [0.3, 0.4) is 0 Å². The second kappa shape index (κ2) is 5.05. The van der Waals surface area contributed by atoms with Gasteiger partial charge in [0.05, 0.1) is 0 Å². The molecule has 2 nitrogen and oxygen atoms in total. The molecule has 0 radical (unpaired) electrons. The van der Waals surface area contributed by atoms with E-state index in [0.29, 0.717) is 24.0 Å². The molecule has 16 heavy (non-hydrogen) atoms. The Labute approximate surface area is 99.8 Å². The van der Waals surface area contributed by atoms with Gasteiger partial charge in [0.2, 0.25) is 0 Å². The molecule has 2 heteroatoms. The van der Waals surface area contributed by atoms with Gasteiger partial charge < -0.3 is 10.4 Å². The normalized spacial score (nSPS) is 32.1. The maximum Gasteiger partial charge on any atom is 0.0471 e. The Morgan fingerprint density at radius 1 is 1.19 bits per heavy atom. The van der Waals surface area contributed by atoms with Gasteiger partial charge in [-0.1, -0.05) is 26.2 Å². The van der Waals surface area contributed by atoms with Crippen LogP contribution >= 0.6 is 0 Å². The van der Waals surface area contributed by atoms with Gasteiger partial charge in [-0.2, -0.15) is 0 Å². The largest absolute Gasteiger partial charge is 0.396 e. The molecule has 2 N–H and O–H groups in total. The highest BCUT2D eigenvalue weighted by Crippen LogP contribution is 2.51. The molecule has 1 spiro atoms. The van der Waals surface area contributed by atoms with Gasteiger partial charge in [0, 0.05) is 18.7 Å². The lowest BCUT2D eigenvalue weighted by Gasteiger charge is -2.53. The summed E-state index contributed by atoms with van der Waals surface area (Å²) in [4.78, 5) is 0. The molecule has 3 unspecified atom stereocenters. The minimum absolute atomic E-state index is 0.299. The third-order valence-electron chi connectivity index (χ3n) is 5.13. The van der Waals surface area contributed by atoms with Gasteiger partial charge in [0.25, 0.3) is 0 Å². The van der Waals surface area contributed by atoms with E-state index >= 15 is 0 Å². The SMILES string of the molecule is CC(CO)C(C)NC1CCC12CCCCC2. The van der Waals surface area contributed by atoms with E-state index in [1.807, 2.05) is 0 Å². The summed E-state index contributed by atoms with van der Waals surface area (Å²) in [6, 6.07) is 1.19. The number of rotatable bonds is 4. The van der Waals surface area contributed by atoms with Crippen molar-refractivity contribution in [3.05, 3.63) is 0 Å². The number of hydrogen-bond acceptors (Lipinski definition) is 2. The number of aliphatic hydroxyl groups is 1. The van der Waals surface area contributed by atoms with Gasteiger partial charge in [-0.25, -0.2) is 0 Å². The van der Waals surface area contributed by atoms with Crippen molar-refractivity contribution >= 4 is 0 Å². The molecule has 0 aromatic carbocycles. The fourth-order valence-corrected chi connectivity index (χ4v) is 3.45. The molecule has 0 bridgehead atoms. The summed E-state index contributed by atoms with van der Waals surface area (Å²) < 4.78 is 0. The molecule has 3 atom stereocenters. The van der Waals surface area contributed by atoms with E-state index in [-0.39, 0.29) is 0 Å². The highest BCUT2D eigenvalue weighted by Gasteiger charge is 2.47. The Kier molecular flexibility index (Phi) is 3.91. The topological polar surface area (TPSA) is 32.3 Å². The van der Waals surface area contributed by atoms with Crippen molar-refractivity contribution in [3.63, 3.8) is 0 Å². The second-order valence-electron chi connectivity index (χ2n) is 6.13. The zero-order valence-electron chi connectivity index (χ0n) is 10.8. The molecule has 0 aromatic rings. The van der Waals surface area contributed by atoms with Crippen molar-refractivity contribution in [1.29, 1.82) is 0 Å². The average molecular weight is 225 g/mol. The quantitative estimate of drug-likeness (QED) is 0.771. The van der Waals surface area contributed by atoms with E-state index < -0.39 is 0 Å². The molecule has 2 aliphatic rings. The summed E-state index contributed by atoms with van der Waals surface area (Å²) in [5.74, 6) is 0.376. The van der Waals surface area contributed by atoms with Gasteiger partial charge >= 0.3 is 0 Å². The summed E-state index contributed by atoms with van der Waals surface area (Å²) in [5.41, 5.74) is 0.641. The molecule has 0 aromatic heterocycles. The smallest absolute Gasteiger partial charge is 0.0471 e. The highest BCUT2D eigenvalue weighted by atomic mass is 16.3. The second-order valence-corrected chi connectivity index (χ2v) is 6.13. The third kappa shape index (κ3) is 2.28. The van der Waals surface area contributed by atoms with Crippen LogP contribution in [0.25, 0.3) is 0 Å². The van der Waals surface area contributed by atoms with Crippen LogP contribution in [-0.2, 0) is 0 Å². The maximum absolute atomic E-state index is 9.17. The van der Waals surface area contributed by atoms with Crippen LogP contribution in [0.4, 0.5) is 0 Å². The van der Waals surface area contributed by atoms with Crippen LogP contribution < -0.4 is 5.32 Å². The van der Waals surface area contributed by atoms with Crippen molar-refractivity contribution in [3.8, 4) is 0 Å². The standard InChI is InChI=1S/C14H27NO/c1-11(10-16)12(2)15-13-6-9-14(13)7-4-3-5-8-14/h11-13,15-16H,3-10H2,1-2H3. The predicted molar refractivity (Wildman–Crippen MR) is 67.4 cm³/mol. The fourth-order valence-electron chi connectivity index (χ4n) is 3.45. The Morgan fingerprint density at radius 2 is 1.88 bits per heavy atom. The van der Waals surface area contributed by atoms with Crippen LogP contribution in [0.2, 0.25) is 0 Å². The summed E-state index contributed by atoms with van der Waals surface area (Å²) in [6.07, 6.45) is 9.96. The van der Waals surface area contributed by atoms with Crippen LogP contribution in [0, 0.1) is 11.3 Å². The van der Waals surface area contributed by atoms with E-state index in [4.69, 9.17) is 0 Å². The molecular formula is C14H27NO. The lowest BCUT2D eigenvalue weighted by Crippen LogP contribution is -2.57. The lowest BCUT2D eigenvalue weighted by atomic mass is 9.57. The van der Waals surface area contributed by atoms with Crippen LogP contribution in [0.1, 0.15) is 58.8 Å². The van der Waals surface area contributed by atoms with Crippen LogP contribution in [0.15, 0.2) is 0 Å². The van der Waals surface area contributed by atoms with E-state index in [1.54, 1.807) is 0 Å². The summed E-state index contributed by atoms with van der Waals surface area (Å²) >= 11 is 0. The zero-order chi connectivity index (χ0) is 11.6. The molecule has 2 rings (SSSR count). The Morgan fingerprint density at radius 3 is 2.38 bits per heavy atom. The minimum atomic E-state index is 0.299. The number of hydrogen-bond donors (Lipinski definition) is 2. The first-order valence-corrected chi connectivity index (χ1v) is 7.05. The van der Waals surface area contributed by atoms with Gasteiger partial charge in [-0.05, 0) is 43.9 Å². The molecule has 0 saturated heterocycles. The highest BCUT2D eigenvalue weighted by molar-refractivity contribution is 5.02. The van der Waals surface area contributed by atoms with Crippen molar-refractivity contribution in [2.75, 3.05) is 6.61 Å². The van der Waals surface area contributed by atoms with Crippen molar-refractivity contribution in [2.24, 2.45) is 11.3 Å². The van der Waals surface area contributed by atoms with Crippen molar-refractivity contribution in [2.45, 2.75) is 70.9 Å². The molecule has 2 aliphatic carbocycles. The first-order chi connectivity index (χ1) is 7.68. The minimum Gasteiger partial charge on any atom is -0.396 e. The van der Waals surface area contributed by atoms with Crippen molar-refractivity contribution in [1.82, 2.24) is 5.32 Å². The lowest BCUT2D eigenvalue weighted by molar-refractivity contribution is 0.0115. The summed E-state index contributed by atoms with van der Waals surface area (Å²) in [7, 11) is 0. The maximum atomic E-state index is 9.17. The monoisotopic (exact) mass is 225 g/mol. The van der Waals surface area contributed by atoms with E-state index in [9.17, 15) is 5.11 Å². The fraction of sp³-hybridized carbons (Fsp3) is 1.00. The molecule has 2 fully saturated rings. The molecule has 2 saturated carbocycles. The van der Waals surface area contributed by atoms with Gasteiger partial charge in [0.1, 0.15) is 0 Å². The number of nitrogens with one attached hydrogen (secondary N) is 1. The first-order valence-electron chi connectivity index (χ1n) is 7.05. The number of aliphatic hydroxyl groups excluding tert-OH is 1. The van der Waals surface area contributed by atoms with Crippen LogP contribution in [-0.4, -0.2) is 23.8 Å². The van der Waals surface area contributed by atoms with Gasteiger partial charge in [0.15, 0.2) is 0 Å². The van der Waals surface area contributed by atoms with E-state index in [1.165, 1.54) is 44.9 Å². The van der Waals surface area contributed by atoms with E-state index in [2.05, 4.69) is 19.2 Å². The first kappa shape index (κ1) is 12.4. The Hall–Kier alpha value is -0.0800. The molecular weight excluding hydrogens is 198 g/mol. The molecule has 0 heterocycles. The predicted octanol–water partition coefficient (Wildman–Crippen LogP) is 2.71.